The van der Waals surface area contributed by atoms with Crippen LogP contribution in [0.5, 0.6) is 5.75 Å². The van der Waals surface area contributed by atoms with Gasteiger partial charge in [0.15, 0.2) is 0 Å². The van der Waals surface area contributed by atoms with E-state index in [0.717, 1.165) is 27.7 Å². The molecular weight excluding hydrogens is 342 g/mol. The van der Waals surface area contributed by atoms with Crippen molar-refractivity contribution in [2.24, 2.45) is 11.0 Å². The van der Waals surface area contributed by atoms with Crippen LogP contribution in [0.25, 0.3) is 11.3 Å². The lowest BCUT2D eigenvalue weighted by Crippen LogP contribution is -2.06. The van der Waals surface area contributed by atoms with E-state index < -0.39 is 0 Å². The number of nitrogens with one attached hydrogen (secondary N) is 1. The van der Waals surface area contributed by atoms with Crippen molar-refractivity contribution in [3.05, 3.63) is 65.0 Å². The molecule has 1 N–H and O–H groups in total. The Morgan fingerprint density at radius 2 is 1.92 bits per heavy atom. The average molecular weight is 366 g/mol. The number of nitrogens with zero attached hydrogens (tertiary/aromatic N) is 2. The fraction of sp³-hybridized carbons (Fsp3) is 0.238. The van der Waals surface area contributed by atoms with Gasteiger partial charge in [-0.3, -0.25) is 5.43 Å². The zero-order valence-corrected chi connectivity index (χ0v) is 16.1. The third kappa shape index (κ3) is 4.92. The van der Waals surface area contributed by atoms with Crippen LogP contribution in [0.3, 0.4) is 0 Å². The maximum absolute atomic E-state index is 5.84. The van der Waals surface area contributed by atoms with Crippen molar-refractivity contribution in [2.75, 3.05) is 12.0 Å². The van der Waals surface area contributed by atoms with Gasteiger partial charge in [0.05, 0.1) is 18.5 Å². The van der Waals surface area contributed by atoms with E-state index in [9.17, 15) is 0 Å². The van der Waals surface area contributed by atoms with Crippen LogP contribution in [0.1, 0.15) is 25.0 Å². The van der Waals surface area contributed by atoms with Crippen molar-refractivity contribution in [3.63, 3.8) is 0 Å². The number of ether oxygens (including phenoxy) is 1. The molecule has 26 heavy (non-hydrogen) atoms. The second-order valence-electron chi connectivity index (χ2n) is 6.52. The molecular formula is C21H23N3OS. The second-order valence-corrected chi connectivity index (χ2v) is 7.37. The van der Waals surface area contributed by atoms with Gasteiger partial charge in [-0.05, 0) is 25.0 Å². The third-order valence-electron chi connectivity index (χ3n) is 3.71. The molecule has 0 atom stereocenters. The number of hydrazone groups is 1. The predicted molar refractivity (Wildman–Crippen MR) is 110 cm³/mol. The summed E-state index contributed by atoms with van der Waals surface area (Å²) in [5.41, 5.74) is 7.25. The molecule has 0 amide bonds. The molecule has 0 spiro atoms. The molecule has 3 rings (SSSR count). The number of aromatic nitrogens is 1. The van der Waals surface area contributed by atoms with E-state index in [1.165, 1.54) is 16.9 Å². The minimum absolute atomic E-state index is 0.480. The number of rotatable bonds is 7. The third-order valence-corrected chi connectivity index (χ3v) is 4.45. The Morgan fingerprint density at radius 1 is 1.15 bits per heavy atom. The van der Waals surface area contributed by atoms with Gasteiger partial charge in [0.25, 0.3) is 0 Å². The van der Waals surface area contributed by atoms with Crippen LogP contribution in [0.2, 0.25) is 0 Å². The van der Waals surface area contributed by atoms with E-state index in [1.54, 1.807) is 6.21 Å². The normalized spacial score (nSPS) is 11.2. The van der Waals surface area contributed by atoms with Gasteiger partial charge in [0.2, 0.25) is 5.13 Å². The number of anilines is 1. The zero-order valence-electron chi connectivity index (χ0n) is 15.3. The van der Waals surface area contributed by atoms with Gasteiger partial charge >= 0.3 is 0 Å². The number of hydrogen-bond acceptors (Lipinski definition) is 5. The fourth-order valence-corrected chi connectivity index (χ4v) is 2.98. The van der Waals surface area contributed by atoms with Gasteiger partial charge in [-0.1, -0.05) is 55.8 Å². The number of thiazole rings is 1. The Labute approximate surface area is 158 Å². The molecule has 0 saturated carbocycles. The molecule has 134 valence electrons. The Kier molecular flexibility index (Phi) is 6.02. The summed E-state index contributed by atoms with van der Waals surface area (Å²) in [5, 5.41) is 7.11. The van der Waals surface area contributed by atoms with Crippen LogP contribution < -0.4 is 10.2 Å². The van der Waals surface area contributed by atoms with E-state index >= 15 is 0 Å². The summed E-state index contributed by atoms with van der Waals surface area (Å²) >= 11 is 1.53. The van der Waals surface area contributed by atoms with Crippen molar-refractivity contribution in [1.29, 1.82) is 0 Å². The van der Waals surface area contributed by atoms with Crippen molar-refractivity contribution in [3.8, 4) is 17.0 Å². The minimum Gasteiger partial charge on any atom is -0.493 e. The topological polar surface area (TPSA) is 46.5 Å². The average Bonchev–Trinajstić information content (AvgIpc) is 3.10. The van der Waals surface area contributed by atoms with Crippen LogP contribution in [0.15, 0.2) is 59.0 Å². The van der Waals surface area contributed by atoms with Crippen LogP contribution in [0.4, 0.5) is 5.13 Å². The van der Waals surface area contributed by atoms with E-state index in [4.69, 9.17) is 4.74 Å². The lowest BCUT2D eigenvalue weighted by atomic mass is 10.1. The van der Waals surface area contributed by atoms with Crippen LogP contribution >= 0.6 is 11.3 Å². The molecule has 0 aliphatic heterocycles. The highest BCUT2D eigenvalue weighted by Gasteiger charge is 2.04. The van der Waals surface area contributed by atoms with Gasteiger partial charge in [-0.2, -0.15) is 5.10 Å². The maximum Gasteiger partial charge on any atom is 0.203 e. The molecule has 0 radical (unpaired) electrons. The predicted octanol–water partition coefficient (Wildman–Crippen LogP) is 5.60. The molecule has 3 aromatic rings. The monoisotopic (exact) mass is 365 g/mol. The number of aryl methyl sites for hydroxylation is 1. The van der Waals surface area contributed by atoms with Crippen LogP contribution in [-0.2, 0) is 0 Å². The van der Waals surface area contributed by atoms with Gasteiger partial charge in [-0.25, -0.2) is 4.98 Å². The van der Waals surface area contributed by atoms with Gasteiger partial charge in [-0.15, -0.1) is 11.3 Å². The lowest BCUT2D eigenvalue weighted by molar-refractivity contribution is 0.271. The Balaban J connectivity index is 1.65. The lowest BCUT2D eigenvalue weighted by Gasteiger charge is -2.10. The first-order chi connectivity index (χ1) is 12.6. The largest absolute Gasteiger partial charge is 0.493 e. The van der Waals surface area contributed by atoms with Crippen molar-refractivity contribution in [1.82, 2.24) is 4.98 Å². The van der Waals surface area contributed by atoms with Gasteiger partial charge in [0, 0.05) is 16.5 Å². The molecule has 1 aromatic heterocycles. The van der Waals surface area contributed by atoms with Crippen LogP contribution in [0, 0.1) is 12.8 Å². The Morgan fingerprint density at radius 3 is 2.69 bits per heavy atom. The zero-order chi connectivity index (χ0) is 18.4. The van der Waals surface area contributed by atoms with Gasteiger partial charge in [0.1, 0.15) is 5.75 Å². The molecule has 0 aliphatic carbocycles. The van der Waals surface area contributed by atoms with Crippen molar-refractivity contribution in [2.45, 2.75) is 20.8 Å². The summed E-state index contributed by atoms with van der Waals surface area (Å²) in [6, 6.07) is 16.2. The summed E-state index contributed by atoms with van der Waals surface area (Å²) in [6.45, 7) is 7.03. The van der Waals surface area contributed by atoms with Crippen molar-refractivity contribution < 1.29 is 4.74 Å². The second kappa shape index (κ2) is 8.63. The highest BCUT2D eigenvalue weighted by Crippen LogP contribution is 2.25. The Bertz CT molecular complexity index is 869. The Hall–Kier alpha value is -2.66. The first kappa shape index (κ1) is 18.1. The number of para-hydroxylation sites is 1. The molecule has 1 heterocycles. The summed E-state index contributed by atoms with van der Waals surface area (Å²) in [7, 11) is 0. The molecule has 4 nitrogen and oxygen atoms in total. The van der Waals surface area contributed by atoms with Gasteiger partial charge < -0.3 is 4.74 Å². The molecule has 0 fully saturated rings. The minimum atomic E-state index is 0.480. The molecule has 0 bridgehead atoms. The molecule has 0 unspecified atom stereocenters. The summed E-state index contributed by atoms with van der Waals surface area (Å²) in [6.07, 6.45) is 1.77. The first-order valence-electron chi connectivity index (χ1n) is 8.65. The summed E-state index contributed by atoms with van der Waals surface area (Å²) in [4.78, 5) is 4.59. The maximum atomic E-state index is 5.84. The number of benzene rings is 2. The fourth-order valence-electron chi connectivity index (χ4n) is 2.31. The highest BCUT2D eigenvalue weighted by atomic mass is 32.1. The molecule has 5 heteroatoms. The molecule has 2 aromatic carbocycles. The highest BCUT2D eigenvalue weighted by molar-refractivity contribution is 7.14. The smallest absolute Gasteiger partial charge is 0.203 e. The van der Waals surface area contributed by atoms with E-state index in [0.29, 0.717) is 12.5 Å². The van der Waals surface area contributed by atoms with Crippen LogP contribution in [-0.4, -0.2) is 17.8 Å². The number of hydrogen-bond donors (Lipinski definition) is 1. The SMILES string of the molecule is Cc1ccc(-c2csc(N/N=C\c3ccccc3OCC(C)C)n2)cc1. The van der Waals surface area contributed by atoms with E-state index in [2.05, 4.69) is 60.5 Å². The standard InChI is InChI=1S/C21H23N3OS/c1-15(2)13-25-20-7-5-4-6-18(20)12-22-24-21-23-19(14-26-21)17-10-8-16(3)9-11-17/h4-12,14-15H,13H2,1-3H3,(H,23,24)/b22-12-. The van der Waals surface area contributed by atoms with E-state index in [-0.39, 0.29) is 0 Å². The molecule has 0 aliphatic rings. The first-order valence-corrected chi connectivity index (χ1v) is 9.53. The molecule has 0 saturated heterocycles. The van der Waals surface area contributed by atoms with E-state index in [1.807, 2.05) is 29.6 Å². The quantitative estimate of drug-likeness (QED) is 0.438. The summed E-state index contributed by atoms with van der Waals surface area (Å²) in [5.74, 6) is 1.32. The van der Waals surface area contributed by atoms with Crippen molar-refractivity contribution >= 4 is 22.7 Å². The summed E-state index contributed by atoms with van der Waals surface area (Å²) < 4.78 is 5.84.